The van der Waals surface area contributed by atoms with Gasteiger partial charge in [0, 0.05) is 24.3 Å². The molecule has 18 heavy (non-hydrogen) atoms. The van der Waals surface area contributed by atoms with Crippen molar-refractivity contribution in [2.45, 2.75) is 13.8 Å². The Balaban J connectivity index is 2.71. The van der Waals surface area contributed by atoms with Crippen LogP contribution < -0.4 is 10.0 Å². The van der Waals surface area contributed by atoms with Crippen molar-refractivity contribution in [3.63, 3.8) is 0 Å². The minimum atomic E-state index is -3.26. The summed E-state index contributed by atoms with van der Waals surface area (Å²) in [7, 11) is -3.26. The zero-order valence-electron chi connectivity index (χ0n) is 10.9. The Kier molecular flexibility index (Phi) is 4.59. The molecule has 0 saturated carbocycles. The summed E-state index contributed by atoms with van der Waals surface area (Å²) in [5.74, 6) is 0. The van der Waals surface area contributed by atoms with Gasteiger partial charge in [0.2, 0.25) is 10.0 Å². The van der Waals surface area contributed by atoms with Gasteiger partial charge >= 0.3 is 0 Å². The van der Waals surface area contributed by atoms with Crippen LogP contribution in [0.3, 0.4) is 0 Å². The number of hydrogen-bond donors (Lipinski definition) is 3. The SMILES string of the molecule is CC(C)(CO)CNc1cccc(NS(C)(=O)=O)c1. The molecule has 0 bridgehead atoms. The molecule has 0 aliphatic carbocycles. The lowest BCUT2D eigenvalue weighted by atomic mass is 9.95. The van der Waals surface area contributed by atoms with E-state index in [0.29, 0.717) is 12.2 Å². The molecular formula is C12H20N2O3S. The van der Waals surface area contributed by atoms with E-state index in [1.54, 1.807) is 18.2 Å². The second-order valence-electron chi connectivity index (χ2n) is 5.13. The molecule has 0 saturated heterocycles. The van der Waals surface area contributed by atoms with E-state index in [0.717, 1.165) is 11.9 Å². The van der Waals surface area contributed by atoms with Crippen molar-refractivity contribution in [2.75, 3.05) is 29.4 Å². The molecule has 0 amide bonds. The van der Waals surface area contributed by atoms with E-state index in [9.17, 15) is 8.42 Å². The average Bonchev–Trinajstić information content (AvgIpc) is 2.25. The summed E-state index contributed by atoms with van der Waals surface area (Å²) in [5, 5.41) is 12.3. The van der Waals surface area contributed by atoms with Crippen LogP contribution in [-0.4, -0.2) is 32.9 Å². The second-order valence-corrected chi connectivity index (χ2v) is 6.88. The highest BCUT2D eigenvalue weighted by atomic mass is 32.2. The van der Waals surface area contributed by atoms with Gasteiger partial charge in [0.1, 0.15) is 0 Å². The first-order valence-corrected chi connectivity index (χ1v) is 7.54. The summed E-state index contributed by atoms with van der Waals surface area (Å²) in [6.07, 6.45) is 1.11. The van der Waals surface area contributed by atoms with Crippen LogP contribution in [0.4, 0.5) is 11.4 Å². The third kappa shape index (κ3) is 5.37. The van der Waals surface area contributed by atoms with Gasteiger partial charge in [-0.1, -0.05) is 19.9 Å². The van der Waals surface area contributed by atoms with Crippen LogP contribution in [0.1, 0.15) is 13.8 Å². The molecule has 0 aliphatic rings. The van der Waals surface area contributed by atoms with E-state index in [1.165, 1.54) is 0 Å². The van der Waals surface area contributed by atoms with Crippen molar-refractivity contribution in [3.8, 4) is 0 Å². The summed E-state index contributed by atoms with van der Waals surface area (Å²) in [4.78, 5) is 0. The molecule has 0 fully saturated rings. The average molecular weight is 272 g/mol. The Morgan fingerprint density at radius 2 is 1.89 bits per heavy atom. The Morgan fingerprint density at radius 1 is 1.28 bits per heavy atom. The van der Waals surface area contributed by atoms with Crippen molar-refractivity contribution >= 4 is 21.4 Å². The fourth-order valence-electron chi connectivity index (χ4n) is 1.30. The number of rotatable bonds is 6. The van der Waals surface area contributed by atoms with E-state index in [2.05, 4.69) is 10.0 Å². The van der Waals surface area contributed by atoms with Crippen LogP contribution in [0.2, 0.25) is 0 Å². The minimum Gasteiger partial charge on any atom is -0.396 e. The van der Waals surface area contributed by atoms with Gasteiger partial charge in [-0.05, 0) is 18.2 Å². The number of aliphatic hydroxyl groups excluding tert-OH is 1. The van der Waals surface area contributed by atoms with Gasteiger partial charge in [0.05, 0.1) is 11.9 Å². The van der Waals surface area contributed by atoms with E-state index in [1.807, 2.05) is 19.9 Å². The fraction of sp³-hybridized carbons (Fsp3) is 0.500. The molecule has 0 spiro atoms. The molecule has 0 aliphatic heterocycles. The van der Waals surface area contributed by atoms with Gasteiger partial charge in [-0.2, -0.15) is 0 Å². The van der Waals surface area contributed by atoms with E-state index < -0.39 is 10.0 Å². The molecule has 0 aromatic heterocycles. The van der Waals surface area contributed by atoms with Crippen LogP contribution >= 0.6 is 0 Å². The second kappa shape index (κ2) is 5.58. The van der Waals surface area contributed by atoms with Gasteiger partial charge < -0.3 is 10.4 Å². The highest BCUT2D eigenvalue weighted by Crippen LogP contribution is 2.19. The predicted molar refractivity (Wildman–Crippen MR) is 74.3 cm³/mol. The van der Waals surface area contributed by atoms with Crippen LogP contribution in [-0.2, 0) is 10.0 Å². The molecular weight excluding hydrogens is 252 g/mol. The quantitative estimate of drug-likeness (QED) is 0.733. The molecule has 5 nitrogen and oxygen atoms in total. The maximum atomic E-state index is 11.1. The zero-order valence-corrected chi connectivity index (χ0v) is 11.7. The van der Waals surface area contributed by atoms with Gasteiger partial charge in [-0.25, -0.2) is 8.42 Å². The van der Waals surface area contributed by atoms with Crippen molar-refractivity contribution in [1.29, 1.82) is 0 Å². The number of aliphatic hydroxyl groups is 1. The molecule has 6 heteroatoms. The lowest BCUT2D eigenvalue weighted by molar-refractivity contribution is 0.171. The zero-order chi connectivity index (χ0) is 13.8. The number of hydrogen-bond acceptors (Lipinski definition) is 4. The Bertz CT molecular complexity index is 498. The molecule has 1 rings (SSSR count). The third-order valence-corrected chi connectivity index (χ3v) is 2.97. The van der Waals surface area contributed by atoms with Crippen LogP contribution in [0.25, 0.3) is 0 Å². The molecule has 1 aromatic carbocycles. The maximum absolute atomic E-state index is 11.1. The highest BCUT2D eigenvalue weighted by molar-refractivity contribution is 7.92. The minimum absolute atomic E-state index is 0.0846. The number of benzene rings is 1. The molecule has 3 N–H and O–H groups in total. The summed E-state index contributed by atoms with van der Waals surface area (Å²) in [6, 6.07) is 7.01. The van der Waals surface area contributed by atoms with E-state index in [4.69, 9.17) is 5.11 Å². The molecule has 0 heterocycles. The molecule has 102 valence electrons. The lowest BCUT2D eigenvalue weighted by Gasteiger charge is -2.22. The topological polar surface area (TPSA) is 78.4 Å². The standard InChI is InChI=1S/C12H20N2O3S/c1-12(2,9-15)8-13-10-5-4-6-11(7-10)14-18(3,16)17/h4-7,13-15H,8-9H2,1-3H3. The Hall–Kier alpha value is -1.27. The molecule has 1 aromatic rings. The fourth-order valence-corrected chi connectivity index (χ4v) is 1.86. The Morgan fingerprint density at radius 3 is 2.44 bits per heavy atom. The summed E-state index contributed by atoms with van der Waals surface area (Å²) in [5.41, 5.74) is 1.11. The number of sulfonamides is 1. The normalized spacial score (nSPS) is 12.2. The van der Waals surface area contributed by atoms with Crippen molar-refractivity contribution < 1.29 is 13.5 Å². The first-order valence-electron chi connectivity index (χ1n) is 5.64. The van der Waals surface area contributed by atoms with Crippen LogP contribution in [0.15, 0.2) is 24.3 Å². The van der Waals surface area contributed by atoms with Crippen molar-refractivity contribution in [1.82, 2.24) is 0 Å². The first kappa shape index (κ1) is 14.8. The number of nitrogens with one attached hydrogen (secondary N) is 2. The maximum Gasteiger partial charge on any atom is 0.229 e. The van der Waals surface area contributed by atoms with Gasteiger partial charge in [0.25, 0.3) is 0 Å². The lowest BCUT2D eigenvalue weighted by Crippen LogP contribution is -2.26. The summed E-state index contributed by atoms with van der Waals surface area (Å²) < 4.78 is 24.6. The predicted octanol–water partition coefficient (Wildman–Crippen LogP) is 1.49. The van der Waals surface area contributed by atoms with Crippen molar-refractivity contribution in [2.24, 2.45) is 5.41 Å². The van der Waals surface area contributed by atoms with E-state index in [-0.39, 0.29) is 12.0 Å². The molecule has 0 atom stereocenters. The summed E-state index contributed by atoms with van der Waals surface area (Å²) >= 11 is 0. The van der Waals surface area contributed by atoms with Crippen LogP contribution in [0, 0.1) is 5.41 Å². The first-order chi connectivity index (χ1) is 8.22. The van der Waals surface area contributed by atoms with Gasteiger partial charge in [-0.15, -0.1) is 0 Å². The largest absolute Gasteiger partial charge is 0.396 e. The van der Waals surface area contributed by atoms with Gasteiger partial charge in [-0.3, -0.25) is 4.72 Å². The van der Waals surface area contributed by atoms with Crippen LogP contribution in [0.5, 0.6) is 0 Å². The number of anilines is 2. The molecule has 0 unspecified atom stereocenters. The van der Waals surface area contributed by atoms with E-state index >= 15 is 0 Å². The molecule has 0 radical (unpaired) electrons. The smallest absolute Gasteiger partial charge is 0.229 e. The summed E-state index contributed by atoms with van der Waals surface area (Å²) in [6.45, 7) is 4.57. The highest BCUT2D eigenvalue weighted by Gasteiger charge is 2.15. The Labute approximate surface area is 108 Å². The van der Waals surface area contributed by atoms with Crippen molar-refractivity contribution in [3.05, 3.63) is 24.3 Å². The van der Waals surface area contributed by atoms with Gasteiger partial charge in [0.15, 0.2) is 0 Å². The third-order valence-electron chi connectivity index (χ3n) is 2.36. The monoisotopic (exact) mass is 272 g/mol.